The summed E-state index contributed by atoms with van der Waals surface area (Å²) in [7, 11) is 3.57. The minimum absolute atomic E-state index is 0.0594. The summed E-state index contributed by atoms with van der Waals surface area (Å²) in [4.78, 5) is 20.4. The van der Waals surface area contributed by atoms with Gasteiger partial charge in [-0.05, 0) is 31.1 Å². The van der Waals surface area contributed by atoms with Crippen LogP contribution in [0.2, 0.25) is 0 Å². The summed E-state index contributed by atoms with van der Waals surface area (Å²) < 4.78 is 0. The van der Waals surface area contributed by atoms with Gasteiger partial charge in [0.2, 0.25) is 5.91 Å². The number of rotatable bonds is 3. The first-order chi connectivity index (χ1) is 10.5. The number of hydrogen-bond donors (Lipinski definition) is 1. The number of carbonyl (C=O) groups excluding carboxylic acids is 1. The Hall–Kier alpha value is -1.26. The van der Waals surface area contributed by atoms with Gasteiger partial charge in [-0.2, -0.15) is 0 Å². The van der Waals surface area contributed by atoms with Gasteiger partial charge in [-0.3, -0.25) is 4.79 Å². The van der Waals surface area contributed by atoms with Crippen LogP contribution in [0.25, 0.3) is 0 Å². The van der Waals surface area contributed by atoms with E-state index in [4.69, 9.17) is 0 Å². The topological polar surface area (TPSA) is 47.9 Å². The standard InChI is InChI=1S/C17H32N4O/c1-13-9-10-21(12-14(13)2)17(18-11-16(22)20(3)4)19-15-7-5-6-8-15/h13-15H,5-12H2,1-4H3,(H,18,19). The Morgan fingerprint density at radius 1 is 1.18 bits per heavy atom. The second-order valence-electron chi connectivity index (χ2n) is 7.24. The van der Waals surface area contributed by atoms with E-state index in [2.05, 4.69) is 29.1 Å². The fraction of sp³-hybridized carbons (Fsp3) is 0.882. The van der Waals surface area contributed by atoms with Gasteiger partial charge in [0, 0.05) is 33.2 Å². The summed E-state index contributed by atoms with van der Waals surface area (Å²) in [6.45, 7) is 6.96. The van der Waals surface area contributed by atoms with Crippen molar-refractivity contribution in [3.8, 4) is 0 Å². The second kappa shape index (κ2) is 7.84. The number of amides is 1. The Bertz CT molecular complexity index is 401. The number of piperidine rings is 1. The van der Waals surface area contributed by atoms with E-state index in [-0.39, 0.29) is 12.5 Å². The van der Waals surface area contributed by atoms with Crippen LogP contribution in [-0.4, -0.2) is 61.4 Å². The zero-order valence-corrected chi connectivity index (χ0v) is 14.6. The van der Waals surface area contributed by atoms with Crippen molar-refractivity contribution in [2.24, 2.45) is 16.8 Å². The SMILES string of the molecule is CC1CCN(C(=NCC(=O)N(C)C)NC2CCCC2)CC1C. The molecule has 5 nitrogen and oxygen atoms in total. The maximum absolute atomic E-state index is 11.9. The molecule has 0 radical (unpaired) electrons. The molecule has 0 aromatic rings. The van der Waals surface area contributed by atoms with Crippen molar-refractivity contribution in [3.05, 3.63) is 0 Å². The lowest BCUT2D eigenvalue weighted by Crippen LogP contribution is -2.50. The normalized spacial score (nSPS) is 27.1. The quantitative estimate of drug-likeness (QED) is 0.640. The van der Waals surface area contributed by atoms with Crippen LogP contribution in [0.3, 0.4) is 0 Å². The van der Waals surface area contributed by atoms with E-state index in [1.807, 2.05) is 0 Å². The van der Waals surface area contributed by atoms with Crippen molar-refractivity contribution in [1.82, 2.24) is 15.1 Å². The molecule has 0 bridgehead atoms. The van der Waals surface area contributed by atoms with Crippen LogP contribution < -0.4 is 5.32 Å². The number of likely N-dealkylation sites (N-methyl/N-ethyl adjacent to an activating group) is 1. The van der Waals surface area contributed by atoms with E-state index < -0.39 is 0 Å². The van der Waals surface area contributed by atoms with Gasteiger partial charge in [-0.1, -0.05) is 26.7 Å². The Labute approximate surface area is 135 Å². The van der Waals surface area contributed by atoms with Crippen molar-refractivity contribution < 1.29 is 4.79 Å². The second-order valence-corrected chi connectivity index (χ2v) is 7.24. The number of carbonyl (C=O) groups is 1. The highest BCUT2D eigenvalue weighted by Gasteiger charge is 2.26. The highest BCUT2D eigenvalue weighted by atomic mass is 16.2. The molecule has 0 aromatic heterocycles. The van der Waals surface area contributed by atoms with Crippen LogP contribution in [0.15, 0.2) is 4.99 Å². The Morgan fingerprint density at radius 3 is 2.45 bits per heavy atom. The minimum atomic E-state index is 0.0594. The molecule has 2 rings (SSSR count). The monoisotopic (exact) mass is 308 g/mol. The molecule has 2 fully saturated rings. The maximum atomic E-state index is 11.9. The first kappa shape index (κ1) is 17.1. The fourth-order valence-electron chi connectivity index (χ4n) is 3.23. The lowest BCUT2D eigenvalue weighted by Gasteiger charge is -2.38. The minimum Gasteiger partial charge on any atom is -0.353 e. The van der Waals surface area contributed by atoms with Crippen LogP contribution in [0.5, 0.6) is 0 Å². The van der Waals surface area contributed by atoms with E-state index in [9.17, 15) is 4.79 Å². The molecular formula is C17H32N4O. The zero-order chi connectivity index (χ0) is 16.1. The molecule has 1 aliphatic carbocycles. The molecule has 2 aliphatic rings. The van der Waals surface area contributed by atoms with Crippen molar-refractivity contribution in [3.63, 3.8) is 0 Å². The van der Waals surface area contributed by atoms with Crippen LogP contribution in [0.1, 0.15) is 46.0 Å². The zero-order valence-electron chi connectivity index (χ0n) is 14.6. The largest absolute Gasteiger partial charge is 0.353 e. The molecule has 1 heterocycles. The molecule has 22 heavy (non-hydrogen) atoms. The van der Waals surface area contributed by atoms with Gasteiger partial charge in [0.1, 0.15) is 6.54 Å². The van der Waals surface area contributed by atoms with Gasteiger partial charge in [-0.15, -0.1) is 0 Å². The molecule has 1 N–H and O–H groups in total. The van der Waals surface area contributed by atoms with Gasteiger partial charge in [0.25, 0.3) is 0 Å². The summed E-state index contributed by atoms with van der Waals surface area (Å²) in [5, 5.41) is 3.62. The van der Waals surface area contributed by atoms with Gasteiger partial charge in [0.05, 0.1) is 0 Å². The number of hydrogen-bond acceptors (Lipinski definition) is 2. The van der Waals surface area contributed by atoms with Crippen LogP contribution >= 0.6 is 0 Å². The van der Waals surface area contributed by atoms with E-state index in [1.54, 1.807) is 19.0 Å². The predicted octanol–water partition coefficient (Wildman–Crippen LogP) is 1.94. The molecule has 0 spiro atoms. The maximum Gasteiger partial charge on any atom is 0.243 e. The van der Waals surface area contributed by atoms with Crippen molar-refractivity contribution in [2.45, 2.75) is 52.0 Å². The lowest BCUT2D eigenvalue weighted by atomic mass is 9.89. The molecule has 0 aromatic carbocycles. The predicted molar refractivity (Wildman–Crippen MR) is 90.9 cm³/mol. The molecule has 1 aliphatic heterocycles. The molecule has 5 heteroatoms. The van der Waals surface area contributed by atoms with Gasteiger partial charge < -0.3 is 15.1 Å². The number of nitrogens with one attached hydrogen (secondary N) is 1. The van der Waals surface area contributed by atoms with E-state index >= 15 is 0 Å². The first-order valence-electron chi connectivity index (χ1n) is 8.73. The van der Waals surface area contributed by atoms with Crippen LogP contribution in [-0.2, 0) is 4.79 Å². The average molecular weight is 308 g/mol. The molecule has 1 saturated heterocycles. The summed E-state index contributed by atoms with van der Waals surface area (Å²) in [5.74, 6) is 2.45. The average Bonchev–Trinajstić information content (AvgIpc) is 2.99. The molecule has 1 saturated carbocycles. The Morgan fingerprint density at radius 2 is 1.86 bits per heavy atom. The Kier molecular flexibility index (Phi) is 6.09. The molecular weight excluding hydrogens is 276 g/mol. The van der Waals surface area contributed by atoms with Crippen molar-refractivity contribution >= 4 is 11.9 Å². The third-order valence-corrected chi connectivity index (χ3v) is 5.18. The number of likely N-dealkylation sites (tertiary alicyclic amines) is 1. The van der Waals surface area contributed by atoms with Gasteiger partial charge in [0.15, 0.2) is 5.96 Å². The summed E-state index contributed by atoms with van der Waals surface area (Å²) in [5.41, 5.74) is 0. The third-order valence-electron chi connectivity index (χ3n) is 5.18. The van der Waals surface area contributed by atoms with E-state index in [0.29, 0.717) is 12.0 Å². The first-order valence-corrected chi connectivity index (χ1v) is 8.73. The lowest BCUT2D eigenvalue weighted by molar-refractivity contribution is -0.127. The van der Waals surface area contributed by atoms with Crippen molar-refractivity contribution in [2.75, 3.05) is 33.7 Å². The van der Waals surface area contributed by atoms with Crippen LogP contribution in [0, 0.1) is 11.8 Å². The van der Waals surface area contributed by atoms with Crippen LogP contribution in [0.4, 0.5) is 0 Å². The summed E-state index contributed by atoms with van der Waals surface area (Å²) in [6.07, 6.45) is 6.25. The smallest absolute Gasteiger partial charge is 0.243 e. The fourth-order valence-corrected chi connectivity index (χ4v) is 3.23. The van der Waals surface area contributed by atoms with E-state index in [1.165, 1.54) is 32.1 Å². The number of guanidine groups is 1. The van der Waals surface area contributed by atoms with Gasteiger partial charge >= 0.3 is 0 Å². The molecule has 2 atom stereocenters. The molecule has 126 valence electrons. The summed E-state index contributed by atoms with van der Waals surface area (Å²) >= 11 is 0. The van der Waals surface area contributed by atoms with E-state index in [0.717, 1.165) is 25.0 Å². The number of nitrogens with zero attached hydrogens (tertiary/aromatic N) is 3. The summed E-state index contributed by atoms with van der Waals surface area (Å²) in [6, 6.07) is 0.530. The molecule has 1 amide bonds. The highest BCUT2D eigenvalue weighted by Crippen LogP contribution is 2.23. The molecule has 2 unspecified atom stereocenters. The Balaban J connectivity index is 2.03. The number of aliphatic imine (C=N–C) groups is 1. The van der Waals surface area contributed by atoms with Crippen molar-refractivity contribution in [1.29, 1.82) is 0 Å². The highest BCUT2D eigenvalue weighted by molar-refractivity contribution is 5.85. The third kappa shape index (κ3) is 4.62. The van der Waals surface area contributed by atoms with Gasteiger partial charge in [-0.25, -0.2) is 4.99 Å².